The molecule has 61 valence electrons. The lowest BCUT2D eigenvalue weighted by molar-refractivity contribution is -0.0595. The van der Waals surface area contributed by atoms with Crippen LogP contribution in [0.4, 0.5) is 0 Å². The van der Waals surface area contributed by atoms with Crippen LogP contribution in [-0.4, -0.2) is 11.7 Å². The van der Waals surface area contributed by atoms with Crippen molar-refractivity contribution in [2.75, 3.05) is 0 Å². The van der Waals surface area contributed by atoms with Crippen LogP contribution in [0, 0.1) is 6.92 Å². The van der Waals surface area contributed by atoms with E-state index in [0.29, 0.717) is 6.10 Å². The van der Waals surface area contributed by atoms with Crippen LogP contribution in [0.5, 0.6) is 0 Å². The first-order valence-electron chi connectivity index (χ1n) is 3.96. The Balaban J connectivity index is 3.63. The van der Waals surface area contributed by atoms with Gasteiger partial charge >= 0.3 is 0 Å². The molecule has 10 heavy (non-hydrogen) atoms. The number of hydrogen-bond acceptors (Lipinski definition) is 1. The van der Waals surface area contributed by atoms with Crippen LogP contribution in [0.15, 0.2) is 0 Å². The zero-order valence-corrected chi connectivity index (χ0v) is 7.61. The van der Waals surface area contributed by atoms with E-state index in [9.17, 15) is 0 Å². The third-order valence-corrected chi connectivity index (χ3v) is 1.30. The highest BCUT2D eigenvalue weighted by atomic mass is 16.5. The van der Waals surface area contributed by atoms with E-state index >= 15 is 0 Å². The third kappa shape index (κ3) is 4.80. The quantitative estimate of drug-likeness (QED) is 0.590. The van der Waals surface area contributed by atoms with E-state index in [2.05, 4.69) is 34.6 Å². The molecule has 1 nitrogen and oxygen atoms in total. The molecule has 0 aromatic rings. The van der Waals surface area contributed by atoms with Crippen molar-refractivity contribution in [2.45, 2.75) is 52.2 Å². The molecule has 1 unspecified atom stereocenters. The lowest BCUT2D eigenvalue weighted by Gasteiger charge is -2.25. The molecule has 1 atom stereocenters. The minimum absolute atomic E-state index is 0.0155. The van der Waals surface area contributed by atoms with Crippen molar-refractivity contribution < 1.29 is 4.74 Å². The zero-order valence-electron chi connectivity index (χ0n) is 7.61. The van der Waals surface area contributed by atoms with Gasteiger partial charge in [-0.05, 0) is 33.6 Å². The van der Waals surface area contributed by atoms with E-state index in [1.165, 1.54) is 0 Å². The summed E-state index contributed by atoms with van der Waals surface area (Å²) in [6, 6.07) is 0. The average molecular weight is 143 g/mol. The summed E-state index contributed by atoms with van der Waals surface area (Å²) in [5, 5.41) is 0. The van der Waals surface area contributed by atoms with Crippen LogP contribution in [0.25, 0.3) is 0 Å². The van der Waals surface area contributed by atoms with Gasteiger partial charge in [-0.15, -0.1) is 0 Å². The molecule has 0 saturated heterocycles. The molecule has 0 aromatic heterocycles. The second-order valence-electron chi connectivity index (χ2n) is 3.55. The molecule has 0 rings (SSSR count). The van der Waals surface area contributed by atoms with Crippen LogP contribution >= 0.6 is 0 Å². The number of rotatable bonds is 3. The predicted octanol–water partition coefficient (Wildman–Crippen LogP) is 2.80. The van der Waals surface area contributed by atoms with Crippen molar-refractivity contribution in [2.24, 2.45) is 0 Å². The van der Waals surface area contributed by atoms with E-state index in [-0.39, 0.29) is 5.60 Å². The Morgan fingerprint density at radius 3 is 2.00 bits per heavy atom. The van der Waals surface area contributed by atoms with Crippen LogP contribution in [-0.2, 0) is 4.74 Å². The fourth-order valence-electron chi connectivity index (χ4n) is 0.846. The second-order valence-corrected chi connectivity index (χ2v) is 3.55. The van der Waals surface area contributed by atoms with Crippen molar-refractivity contribution in [1.29, 1.82) is 0 Å². The SMILES string of the molecule is [CH2]CC(CC)OC(C)(C)C. The lowest BCUT2D eigenvalue weighted by Crippen LogP contribution is -2.26. The first-order valence-corrected chi connectivity index (χ1v) is 3.96. The highest BCUT2D eigenvalue weighted by molar-refractivity contribution is 4.65. The van der Waals surface area contributed by atoms with Gasteiger partial charge in [0.2, 0.25) is 0 Å². The van der Waals surface area contributed by atoms with E-state index in [1.54, 1.807) is 0 Å². The summed E-state index contributed by atoms with van der Waals surface area (Å²) in [7, 11) is 0. The first kappa shape index (κ1) is 9.96. The monoisotopic (exact) mass is 143 g/mol. The molecule has 1 radical (unpaired) electrons. The molecular weight excluding hydrogens is 124 g/mol. The lowest BCUT2D eigenvalue weighted by atomic mass is 10.1. The summed E-state index contributed by atoms with van der Waals surface area (Å²) in [5.74, 6) is 0. The topological polar surface area (TPSA) is 9.23 Å². The highest BCUT2D eigenvalue weighted by Crippen LogP contribution is 2.14. The number of ether oxygens (including phenoxy) is 1. The summed E-state index contributed by atoms with van der Waals surface area (Å²) in [6.07, 6.45) is 2.26. The van der Waals surface area contributed by atoms with E-state index in [1.807, 2.05) is 0 Å². The third-order valence-electron chi connectivity index (χ3n) is 1.30. The molecule has 0 N–H and O–H groups in total. The van der Waals surface area contributed by atoms with Gasteiger partial charge in [0.05, 0.1) is 11.7 Å². The van der Waals surface area contributed by atoms with Crippen LogP contribution < -0.4 is 0 Å². The van der Waals surface area contributed by atoms with Gasteiger partial charge in [0.25, 0.3) is 0 Å². The molecule has 0 aliphatic rings. The molecular formula is C9H19O. The van der Waals surface area contributed by atoms with E-state index < -0.39 is 0 Å². The molecule has 0 aliphatic heterocycles. The predicted molar refractivity (Wildman–Crippen MR) is 44.9 cm³/mol. The summed E-state index contributed by atoms with van der Waals surface area (Å²) < 4.78 is 5.67. The number of hydrogen-bond donors (Lipinski definition) is 0. The Morgan fingerprint density at radius 1 is 1.40 bits per heavy atom. The van der Waals surface area contributed by atoms with Crippen LogP contribution in [0.2, 0.25) is 0 Å². The normalized spacial score (nSPS) is 12.6. The van der Waals surface area contributed by atoms with Gasteiger partial charge in [0, 0.05) is 0 Å². The Hall–Kier alpha value is -0.0400. The molecule has 0 heterocycles. The van der Waals surface area contributed by atoms with Crippen molar-refractivity contribution in [3.63, 3.8) is 0 Å². The van der Waals surface area contributed by atoms with Gasteiger partial charge in [0.1, 0.15) is 0 Å². The molecule has 0 aromatic carbocycles. The maximum atomic E-state index is 5.67. The van der Waals surface area contributed by atoms with Gasteiger partial charge < -0.3 is 4.74 Å². The summed E-state index contributed by atoms with van der Waals surface area (Å²) in [4.78, 5) is 0. The first-order chi connectivity index (χ1) is 4.49. The minimum atomic E-state index is -0.0155. The summed E-state index contributed by atoms with van der Waals surface area (Å²) in [6.45, 7) is 12.2. The van der Waals surface area contributed by atoms with Gasteiger partial charge in [-0.3, -0.25) is 0 Å². The maximum Gasteiger partial charge on any atom is 0.0602 e. The summed E-state index contributed by atoms with van der Waals surface area (Å²) in [5.41, 5.74) is -0.0155. The Bertz CT molecular complexity index is 77.2. The van der Waals surface area contributed by atoms with Crippen molar-refractivity contribution in [1.82, 2.24) is 0 Å². The van der Waals surface area contributed by atoms with Crippen molar-refractivity contribution in [3.8, 4) is 0 Å². The summed E-state index contributed by atoms with van der Waals surface area (Å²) >= 11 is 0. The second kappa shape index (κ2) is 3.97. The molecule has 0 bridgehead atoms. The van der Waals surface area contributed by atoms with Gasteiger partial charge in [-0.25, -0.2) is 0 Å². The highest BCUT2D eigenvalue weighted by Gasteiger charge is 2.15. The van der Waals surface area contributed by atoms with Crippen molar-refractivity contribution in [3.05, 3.63) is 6.92 Å². The van der Waals surface area contributed by atoms with Gasteiger partial charge in [0.15, 0.2) is 0 Å². The molecule has 0 spiro atoms. The molecule has 0 amide bonds. The standard InChI is InChI=1S/C9H19O/c1-6-8(7-2)10-9(3,4)5/h8H,1,6-7H2,2-5H3. The van der Waals surface area contributed by atoms with E-state index in [0.717, 1.165) is 12.8 Å². The van der Waals surface area contributed by atoms with Gasteiger partial charge in [-0.1, -0.05) is 13.8 Å². The fourth-order valence-corrected chi connectivity index (χ4v) is 0.846. The molecule has 0 aliphatic carbocycles. The fraction of sp³-hybridized carbons (Fsp3) is 0.889. The largest absolute Gasteiger partial charge is 0.373 e. The van der Waals surface area contributed by atoms with Crippen LogP contribution in [0.3, 0.4) is 0 Å². The van der Waals surface area contributed by atoms with E-state index in [4.69, 9.17) is 4.74 Å². The Morgan fingerprint density at radius 2 is 1.90 bits per heavy atom. The van der Waals surface area contributed by atoms with Gasteiger partial charge in [-0.2, -0.15) is 0 Å². The minimum Gasteiger partial charge on any atom is -0.373 e. The molecule has 0 fully saturated rings. The average Bonchev–Trinajstić information content (AvgIpc) is 1.81. The molecule has 0 saturated carbocycles. The molecule has 1 heteroatoms. The smallest absolute Gasteiger partial charge is 0.0602 e. The Kier molecular flexibility index (Phi) is 3.95. The maximum absolute atomic E-state index is 5.67. The van der Waals surface area contributed by atoms with Crippen LogP contribution in [0.1, 0.15) is 40.5 Å². The Labute approximate surface area is 64.8 Å². The zero-order chi connectivity index (χ0) is 8.20. The van der Waals surface area contributed by atoms with Crippen molar-refractivity contribution >= 4 is 0 Å².